The number of furan rings is 1. The number of hydrogen-bond acceptors (Lipinski definition) is 6. The third-order valence-electron chi connectivity index (χ3n) is 5.15. The second-order valence-corrected chi connectivity index (χ2v) is 9.49. The van der Waals surface area contributed by atoms with Crippen molar-refractivity contribution in [2.45, 2.75) is 36.8 Å². The zero-order valence-corrected chi connectivity index (χ0v) is 18.9. The quantitative estimate of drug-likeness (QED) is 0.522. The number of aryl methyl sites for hydroxylation is 1. The fourth-order valence-corrected chi connectivity index (χ4v) is 5.57. The number of fused-ring (bicyclic) bond motifs is 1. The topological polar surface area (TPSA) is 66.7 Å². The first kappa shape index (κ1) is 20.9. The minimum Gasteiger partial charge on any atom is -0.451 e. The summed E-state index contributed by atoms with van der Waals surface area (Å²) in [5.41, 5.74) is 2.56. The first-order chi connectivity index (χ1) is 14.6. The number of thiazole rings is 1. The normalized spacial score (nSPS) is 15.1. The van der Waals surface area contributed by atoms with Crippen LogP contribution in [0.1, 0.15) is 41.6 Å². The Morgan fingerprint density at radius 3 is 2.90 bits per heavy atom. The lowest BCUT2D eigenvalue weighted by Gasteiger charge is -2.21. The Bertz CT molecular complexity index is 1060. The molecule has 0 radical (unpaired) electrons. The van der Waals surface area contributed by atoms with E-state index < -0.39 is 0 Å². The van der Waals surface area contributed by atoms with Gasteiger partial charge in [0.25, 0.3) is 5.91 Å². The molecule has 3 aromatic rings. The maximum absolute atomic E-state index is 13.4. The van der Waals surface area contributed by atoms with Gasteiger partial charge in [-0.3, -0.25) is 9.59 Å². The molecule has 0 saturated carbocycles. The zero-order chi connectivity index (χ0) is 21.1. The molecule has 158 valence electrons. The molecule has 2 amide bonds. The summed E-state index contributed by atoms with van der Waals surface area (Å²) in [6.07, 6.45) is 1.70. The van der Waals surface area contributed by atoms with E-state index in [-0.39, 0.29) is 18.4 Å². The van der Waals surface area contributed by atoms with Crippen LogP contribution < -0.4 is 0 Å². The maximum Gasteiger partial charge on any atom is 0.290 e. The average Bonchev–Trinajstić information content (AvgIpc) is 3.27. The molecular formula is C22H25N3O3S2. The minimum absolute atomic E-state index is 0.00740. The molecule has 4 rings (SSSR count). The van der Waals surface area contributed by atoms with Crippen LogP contribution in [0.15, 0.2) is 38.4 Å². The van der Waals surface area contributed by atoms with Crippen molar-refractivity contribution in [2.24, 2.45) is 0 Å². The number of rotatable bonds is 6. The van der Waals surface area contributed by atoms with Crippen LogP contribution >= 0.6 is 23.1 Å². The fraction of sp³-hybridized carbons (Fsp3) is 0.409. The van der Waals surface area contributed by atoms with Gasteiger partial charge in [-0.05, 0) is 25.8 Å². The number of aromatic nitrogens is 1. The molecule has 0 spiro atoms. The van der Waals surface area contributed by atoms with Crippen LogP contribution in [0.5, 0.6) is 0 Å². The summed E-state index contributed by atoms with van der Waals surface area (Å²) >= 11 is 3.21. The molecule has 3 heterocycles. The van der Waals surface area contributed by atoms with Crippen molar-refractivity contribution in [1.29, 1.82) is 0 Å². The molecule has 8 heteroatoms. The van der Waals surface area contributed by atoms with Crippen molar-refractivity contribution in [3.05, 3.63) is 46.7 Å². The predicted octanol–water partition coefficient (Wildman–Crippen LogP) is 4.57. The number of amides is 2. The number of hydrogen-bond donors (Lipinski definition) is 0. The molecule has 1 aromatic carbocycles. The maximum atomic E-state index is 13.4. The Hall–Kier alpha value is -2.32. The van der Waals surface area contributed by atoms with Gasteiger partial charge in [0, 0.05) is 47.4 Å². The van der Waals surface area contributed by atoms with Gasteiger partial charge in [-0.15, -0.1) is 11.3 Å². The zero-order valence-electron chi connectivity index (χ0n) is 17.2. The monoisotopic (exact) mass is 443 g/mol. The highest BCUT2D eigenvalue weighted by atomic mass is 32.2. The van der Waals surface area contributed by atoms with Crippen molar-refractivity contribution >= 4 is 45.9 Å². The number of carbonyl (C=O) groups is 2. The number of para-hydroxylation sites is 1. The number of benzene rings is 1. The largest absolute Gasteiger partial charge is 0.451 e. The number of thioether (sulfide) groups is 1. The third-order valence-corrected chi connectivity index (χ3v) is 7.31. The van der Waals surface area contributed by atoms with E-state index in [9.17, 15) is 9.59 Å². The van der Waals surface area contributed by atoms with Crippen molar-refractivity contribution in [3.8, 4) is 0 Å². The van der Waals surface area contributed by atoms with Gasteiger partial charge in [0.1, 0.15) is 16.5 Å². The molecule has 2 aromatic heterocycles. The van der Waals surface area contributed by atoms with Crippen LogP contribution in [0.3, 0.4) is 0 Å². The molecular weight excluding hydrogens is 418 g/mol. The second kappa shape index (κ2) is 9.22. The SMILES string of the molecule is CCCN1CCCN(C(=O)c2oc3ccccc3c2CSc2nc(C)cs2)CC1=O. The smallest absolute Gasteiger partial charge is 0.290 e. The van der Waals surface area contributed by atoms with Crippen LogP contribution in [0.2, 0.25) is 0 Å². The molecule has 0 unspecified atom stereocenters. The Kier molecular flexibility index (Phi) is 6.43. The van der Waals surface area contributed by atoms with E-state index >= 15 is 0 Å². The summed E-state index contributed by atoms with van der Waals surface area (Å²) < 4.78 is 6.98. The summed E-state index contributed by atoms with van der Waals surface area (Å²) in [6, 6.07) is 7.71. The van der Waals surface area contributed by atoms with Gasteiger partial charge in [-0.25, -0.2) is 4.98 Å². The van der Waals surface area contributed by atoms with Gasteiger partial charge >= 0.3 is 0 Å². The van der Waals surface area contributed by atoms with Crippen LogP contribution in [-0.2, 0) is 10.5 Å². The minimum atomic E-state index is -0.205. The summed E-state index contributed by atoms with van der Waals surface area (Å²) in [5.74, 6) is 0.736. The second-order valence-electron chi connectivity index (χ2n) is 7.41. The lowest BCUT2D eigenvalue weighted by atomic mass is 10.1. The van der Waals surface area contributed by atoms with E-state index in [1.54, 1.807) is 28.0 Å². The van der Waals surface area contributed by atoms with Gasteiger partial charge in [-0.2, -0.15) is 0 Å². The summed E-state index contributed by atoms with van der Waals surface area (Å²) in [6.45, 7) is 6.13. The standard InChI is InChI=1S/C22H25N3O3S2/c1-3-9-24-10-6-11-25(12-19(24)26)21(27)20-17(14-30-22-23-15(2)13-29-22)16-7-4-5-8-18(16)28-20/h4-5,7-8,13H,3,6,9-12,14H2,1-2H3. The van der Waals surface area contributed by atoms with E-state index in [0.717, 1.165) is 40.4 Å². The Morgan fingerprint density at radius 2 is 2.13 bits per heavy atom. The molecule has 1 fully saturated rings. The predicted molar refractivity (Wildman–Crippen MR) is 120 cm³/mol. The molecule has 0 N–H and O–H groups in total. The van der Waals surface area contributed by atoms with Gasteiger partial charge in [0.05, 0.1) is 0 Å². The first-order valence-corrected chi connectivity index (χ1v) is 12.1. The Balaban J connectivity index is 1.61. The third kappa shape index (κ3) is 4.39. The van der Waals surface area contributed by atoms with Crippen LogP contribution in [-0.4, -0.2) is 52.8 Å². The lowest BCUT2D eigenvalue weighted by Crippen LogP contribution is -2.39. The molecule has 0 aliphatic carbocycles. The van der Waals surface area contributed by atoms with Crippen LogP contribution in [0, 0.1) is 6.92 Å². The highest BCUT2D eigenvalue weighted by Gasteiger charge is 2.29. The van der Waals surface area contributed by atoms with Gasteiger partial charge in [0.15, 0.2) is 5.76 Å². The number of nitrogens with zero attached hydrogens (tertiary/aromatic N) is 3. The molecule has 1 aliphatic rings. The average molecular weight is 444 g/mol. The van der Waals surface area contributed by atoms with Crippen molar-refractivity contribution in [2.75, 3.05) is 26.2 Å². The van der Waals surface area contributed by atoms with E-state index in [2.05, 4.69) is 11.9 Å². The molecule has 1 aliphatic heterocycles. The molecule has 6 nitrogen and oxygen atoms in total. The van der Waals surface area contributed by atoms with E-state index in [4.69, 9.17) is 4.42 Å². The Morgan fingerprint density at radius 1 is 1.30 bits per heavy atom. The van der Waals surface area contributed by atoms with Crippen LogP contribution in [0.4, 0.5) is 0 Å². The van der Waals surface area contributed by atoms with E-state index in [1.165, 1.54) is 0 Å². The molecule has 0 atom stereocenters. The van der Waals surface area contributed by atoms with E-state index in [1.807, 2.05) is 41.5 Å². The van der Waals surface area contributed by atoms with Crippen LogP contribution in [0.25, 0.3) is 11.0 Å². The Labute approximate surface area is 184 Å². The molecule has 1 saturated heterocycles. The highest BCUT2D eigenvalue weighted by molar-refractivity contribution is 8.00. The van der Waals surface area contributed by atoms with Gasteiger partial charge in [0.2, 0.25) is 5.91 Å². The summed E-state index contributed by atoms with van der Waals surface area (Å²) in [7, 11) is 0. The van der Waals surface area contributed by atoms with E-state index in [0.29, 0.717) is 30.2 Å². The van der Waals surface area contributed by atoms with Crippen molar-refractivity contribution in [1.82, 2.24) is 14.8 Å². The number of carbonyl (C=O) groups excluding carboxylic acids is 2. The molecule has 30 heavy (non-hydrogen) atoms. The lowest BCUT2D eigenvalue weighted by molar-refractivity contribution is -0.130. The van der Waals surface area contributed by atoms with Gasteiger partial charge in [-0.1, -0.05) is 36.9 Å². The first-order valence-electron chi connectivity index (χ1n) is 10.2. The fourth-order valence-electron chi connectivity index (χ4n) is 3.69. The molecule has 0 bridgehead atoms. The summed E-state index contributed by atoms with van der Waals surface area (Å²) in [4.78, 5) is 34.0. The summed E-state index contributed by atoms with van der Waals surface area (Å²) in [5, 5.41) is 2.96. The highest BCUT2D eigenvalue weighted by Crippen LogP contribution is 2.34. The van der Waals surface area contributed by atoms with Crippen molar-refractivity contribution in [3.63, 3.8) is 0 Å². The van der Waals surface area contributed by atoms with Crippen molar-refractivity contribution < 1.29 is 14.0 Å². The van der Waals surface area contributed by atoms with Gasteiger partial charge < -0.3 is 14.2 Å².